The van der Waals surface area contributed by atoms with Gasteiger partial charge >= 0.3 is 0 Å². The van der Waals surface area contributed by atoms with E-state index in [0.717, 1.165) is 6.42 Å². The summed E-state index contributed by atoms with van der Waals surface area (Å²) in [6, 6.07) is 1.37. The third-order valence-electron chi connectivity index (χ3n) is 0.998. The monoisotopic (exact) mass is 125 g/mol. The zero-order valence-corrected chi connectivity index (χ0v) is 6.70. The fraction of sp³-hybridized carbons (Fsp3) is 0.714. The molecule has 0 aliphatic rings. The van der Waals surface area contributed by atoms with E-state index in [1.54, 1.807) is 0 Å². The van der Waals surface area contributed by atoms with E-state index >= 15 is 0 Å². The van der Waals surface area contributed by atoms with E-state index in [1.165, 1.54) is 12.5 Å². The molecule has 8 heavy (non-hydrogen) atoms. The van der Waals surface area contributed by atoms with Crippen molar-refractivity contribution in [1.82, 2.24) is 0 Å². The molecule has 0 unspecified atom stereocenters. The van der Waals surface area contributed by atoms with Crippen molar-refractivity contribution >= 4 is 8.80 Å². The van der Waals surface area contributed by atoms with Crippen LogP contribution in [0.5, 0.6) is 0 Å². The van der Waals surface area contributed by atoms with Crippen molar-refractivity contribution in [1.29, 1.82) is 0 Å². The maximum absolute atomic E-state index is 5.08. The van der Waals surface area contributed by atoms with Gasteiger partial charge in [-0.3, -0.25) is 0 Å². The summed E-state index contributed by atoms with van der Waals surface area (Å²) in [5.41, 5.74) is 0. The van der Waals surface area contributed by atoms with Crippen LogP contribution in [0.3, 0.4) is 0 Å². The third-order valence-corrected chi connectivity index (χ3v) is 2.35. The molecular weight excluding hydrogens is 112 g/mol. The number of terminal acetylenes is 1. The average Bonchev–Trinajstić information content (AvgIpc) is 1.66. The summed E-state index contributed by atoms with van der Waals surface area (Å²) in [5.74, 6) is 2.64. The van der Waals surface area contributed by atoms with E-state index in [0.29, 0.717) is 0 Å². The predicted octanol–water partition coefficient (Wildman–Crippen LogP) is 2.15. The molecule has 0 N–H and O–H groups in total. The van der Waals surface area contributed by atoms with Gasteiger partial charge in [-0.25, -0.2) is 0 Å². The van der Waals surface area contributed by atoms with Gasteiger partial charge in [0.2, 0.25) is 0 Å². The Morgan fingerprint density at radius 1 is 1.50 bits per heavy atom. The first-order valence-electron chi connectivity index (χ1n) is 3.00. The molecule has 0 aliphatic heterocycles. The Labute approximate surface area is 53.9 Å². The van der Waals surface area contributed by atoms with E-state index in [4.69, 9.17) is 6.42 Å². The fourth-order valence-electron chi connectivity index (χ4n) is 0.544. The number of hydrogen-bond donors (Lipinski definition) is 0. The second kappa shape index (κ2) is 4.92. The predicted molar refractivity (Wildman–Crippen MR) is 40.4 cm³/mol. The van der Waals surface area contributed by atoms with Crippen LogP contribution in [-0.4, -0.2) is 8.80 Å². The molecule has 0 bridgehead atoms. The van der Waals surface area contributed by atoms with Gasteiger partial charge in [-0.05, 0) is 6.42 Å². The van der Waals surface area contributed by atoms with Crippen LogP contribution in [-0.2, 0) is 0 Å². The Morgan fingerprint density at radius 2 is 2.12 bits per heavy atom. The van der Waals surface area contributed by atoms with Gasteiger partial charge in [0.25, 0.3) is 0 Å². The van der Waals surface area contributed by atoms with Crippen LogP contribution in [0.1, 0.15) is 12.8 Å². The number of unbranched alkanes of at least 4 members (excludes halogenated alkanes) is 1. The zero-order valence-electron chi connectivity index (χ0n) is 5.70. The van der Waals surface area contributed by atoms with Crippen molar-refractivity contribution in [3.05, 3.63) is 0 Å². The minimum atomic E-state index is -0.00265. The van der Waals surface area contributed by atoms with Crippen molar-refractivity contribution in [2.75, 3.05) is 0 Å². The van der Waals surface area contributed by atoms with Gasteiger partial charge < -0.3 is 0 Å². The highest BCUT2D eigenvalue weighted by Gasteiger charge is 1.92. The van der Waals surface area contributed by atoms with Gasteiger partial charge in [0.15, 0.2) is 0 Å². The molecule has 0 aliphatic carbocycles. The average molecular weight is 125 g/mol. The lowest BCUT2D eigenvalue weighted by molar-refractivity contribution is 0.967. The number of rotatable bonds is 3. The summed E-state index contributed by atoms with van der Waals surface area (Å²) in [4.78, 5) is 0. The SMILES string of the molecule is C#CCCC[Si](C)C. The van der Waals surface area contributed by atoms with Crippen molar-refractivity contribution in [2.24, 2.45) is 0 Å². The summed E-state index contributed by atoms with van der Waals surface area (Å²) >= 11 is 0. The maximum atomic E-state index is 5.08. The van der Waals surface area contributed by atoms with Gasteiger partial charge in [-0.2, -0.15) is 0 Å². The van der Waals surface area contributed by atoms with E-state index in [2.05, 4.69) is 19.0 Å². The molecule has 45 valence electrons. The zero-order chi connectivity index (χ0) is 6.41. The van der Waals surface area contributed by atoms with Crippen LogP contribution < -0.4 is 0 Å². The Balaban J connectivity index is 2.85. The normalized spacial score (nSPS) is 9.25. The first-order valence-corrected chi connectivity index (χ1v) is 5.70. The summed E-state index contributed by atoms with van der Waals surface area (Å²) in [5, 5.41) is 0. The Hall–Kier alpha value is -0.223. The van der Waals surface area contributed by atoms with E-state index in [1.807, 2.05) is 0 Å². The number of hydrogen-bond acceptors (Lipinski definition) is 0. The van der Waals surface area contributed by atoms with Gasteiger partial charge in [0.1, 0.15) is 0 Å². The minimum absolute atomic E-state index is 0.00265. The Bertz CT molecular complexity index is 78.9. The molecule has 0 aromatic heterocycles. The Kier molecular flexibility index (Phi) is 4.79. The molecule has 0 amide bonds. The van der Waals surface area contributed by atoms with Crippen LogP contribution >= 0.6 is 0 Å². The van der Waals surface area contributed by atoms with Gasteiger partial charge in [-0.15, -0.1) is 12.3 Å². The highest BCUT2D eigenvalue weighted by molar-refractivity contribution is 6.55. The summed E-state index contributed by atoms with van der Waals surface area (Å²) < 4.78 is 0. The van der Waals surface area contributed by atoms with Crippen LogP contribution in [0.2, 0.25) is 19.1 Å². The molecule has 0 atom stereocenters. The fourth-order valence-corrected chi connectivity index (χ4v) is 1.43. The second-order valence-electron chi connectivity index (χ2n) is 2.26. The van der Waals surface area contributed by atoms with Crippen LogP contribution in [0, 0.1) is 12.3 Å². The highest BCUT2D eigenvalue weighted by atomic mass is 28.3. The van der Waals surface area contributed by atoms with Crippen molar-refractivity contribution in [3.8, 4) is 12.3 Å². The van der Waals surface area contributed by atoms with Crippen molar-refractivity contribution < 1.29 is 0 Å². The third kappa shape index (κ3) is 5.78. The maximum Gasteiger partial charge on any atom is 0.0413 e. The smallest absolute Gasteiger partial charge is 0.0413 e. The standard InChI is InChI=1S/C7H13Si/c1-4-5-6-7-8(2)3/h1H,5-7H2,2-3H3. The molecule has 0 spiro atoms. The molecule has 0 fully saturated rings. The minimum Gasteiger partial charge on any atom is -0.120 e. The molecule has 0 saturated carbocycles. The molecule has 0 aromatic carbocycles. The molecule has 0 aromatic rings. The molecule has 0 nitrogen and oxygen atoms in total. The highest BCUT2D eigenvalue weighted by Crippen LogP contribution is 1.98. The van der Waals surface area contributed by atoms with Gasteiger partial charge in [0, 0.05) is 15.2 Å². The first-order chi connectivity index (χ1) is 3.77. The lowest BCUT2D eigenvalue weighted by Gasteiger charge is -1.96. The molecular formula is C7H13Si. The molecule has 1 radical (unpaired) electrons. The molecule has 1 heteroatoms. The van der Waals surface area contributed by atoms with E-state index in [-0.39, 0.29) is 8.80 Å². The molecule has 0 rings (SSSR count). The summed E-state index contributed by atoms with van der Waals surface area (Å²) in [6.07, 6.45) is 7.28. The summed E-state index contributed by atoms with van der Waals surface area (Å²) in [7, 11) is -0.00265. The van der Waals surface area contributed by atoms with E-state index in [9.17, 15) is 0 Å². The second-order valence-corrected chi connectivity index (χ2v) is 5.18. The quantitative estimate of drug-likeness (QED) is 0.308. The van der Waals surface area contributed by atoms with Crippen molar-refractivity contribution in [2.45, 2.75) is 32.0 Å². The van der Waals surface area contributed by atoms with Crippen LogP contribution in [0.4, 0.5) is 0 Å². The lowest BCUT2D eigenvalue weighted by atomic mass is 10.4. The molecule has 0 heterocycles. The van der Waals surface area contributed by atoms with Crippen molar-refractivity contribution in [3.63, 3.8) is 0 Å². The summed E-state index contributed by atoms with van der Waals surface area (Å²) in [6.45, 7) is 4.64. The first kappa shape index (κ1) is 7.78. The lowest BCUT2D eigenvalue weighted by Crippen LogP contribution is -1.96. The Morgan fingerprint density at radius 3 is 2.50 bits per heavy atom. The van der Waals surface area contributed by atoms with Gasteiger partial charge in [-0.1, -0.05) is 19.1 Å². The largest absolute Gasteiger partial charge is 0.120 e. The van der Waals surface area contributed by atoms with Crippen LogP contribution in [0.25, 0.3) is 0 Å². The van der Waals surface area contributed by atoms with E-state index < -0.39 is 0 Å². The topological polar surface area (TPSA) is 0 Å². The van der Waals surface area contributed by atoms with Crippen LogP contribution in [0.15, 0.2) is 0 Å². The molecule has 0 saturated heterocycles. The van der Waals surface area contributed by atoms with Gasteiger partial charge in [0.05, 0.1) is 0 Å².